The van der Waals surface area contributed by atoms with Gasteiger partial charge >= 0.3 is 0 Å². The molecule has 1 saturated carbocycles. The first-order valence-electron chi connectivity index (χ1n) is 4.28. The Morgan fingerprint density at radius 1 is 1.46 bits per heavy atom. The second-order valence-electron chi connectivity index (χ2n) is 3.71. The van der Waals surface area contributed by atoms with Gasteiger partial charge in [0.1, 0.15) is 5.82 Å². The first-order valence-corrected chi connectivity index (χ1v) is 5.08. The molecular formula is C10H11BrFN. The third-order valence-corrected chi connectivity index (χ3v) is 3.38. The third kappa shape index (κ3) is 1.40. The quantitative estimate of drug-likeness (QED) is 0.807. The van der Waals surface area contributed by atoms with Gasteiger partial charge < -0.3 is 5.73 Å². The van der Waals surface area contributed by atoms with Crippen LogP contribution in [0.25, 0.3) is 0 Å². The van der Waals surface area contributed by atoms with E-state index in [-0.39, 0.29) is 11.4 Å². The number of rotatable bonds is 1. The SMILES string of the molecule is Cc1ccc(C2(N)CC2)c(Br)c1F. The molecule has 3 heteroatoms. The molecule has 1 aliphatic rings. The van der Waals surface area contributed by atoms with E-state index in [1.54, 1.807) is 13.0 Å². The molecule has 1 nitrogen and oxygen atoms in total. The monoisotopic (exact) mass is 243 g/mol. The van der Waals surface area contributed by atoms with Crippen LogP contribution in [0.5, 0.6) is 0 Å². The average Bonchev–Trinajstić information content (AvgIpc) is 2.80. The summed E-state index contributed by atoms with van der Waals surface area (Å²) in [6.45, 7) is 1.75. The number of hydrogen-bond acceptors (Lipinski definition) is 1. The summed E-state index contributed by atoms with van der Waals surface area (Å²) in [7, 11) is 0. The van der Waals surface area contributed by atoms with E-state index in [0.717, 1.165) is 18.4 Å². The number of aryl methyl sites for hydroxylation is 1. The first-order chi connectivity index (χ1) is 6.04. The first kappa shape index (κ1) is 9.16. The smallest absolute Gasteiger partial charge is 0.140 e. The Hall–Kier alpha value is -0.410. The molecule has 2 N–H and O–H groups in total. The van der Waals surface area contributed by atoms with Gasteiger partial charge in [-0.05, 0) is 46.8 Å². The highest BCUT2D eigenvalue weighted by Gasteiger charge is 2.41. The topological polar surface area (TPSA) is 26.0 Å². The Morgan fingerprint density at radius 2 is 2.08 bits per heavy atom. The summed E-state index contributed by atoms with van der Waals surface area (Å²) < 4.78 is 14.0. The van der Waals surface area contributed by atoms with Crippen molar-refractivity contribution in [3.8, 4) is 0 Å². The molecule has 13 heavy (non-hydrogen) atoms. The van der Waals surface area contributed by atoms with Gasteiger partial charge in [0.2, 0.25) is 0 Å². The van der Waals surface area contributed by atoms with Crippen molar-refractivity contribution in [3.63, 3.8) is 0 Å². The van der Waals surface area contributed by atoms with Crippen molar-refractivity contribution in [3.05, 3.63) is 33.5 Å². The Labute approximate surface area is 85.3 Å². The molecule has 1 aromatic carbocycles. The molecule has 0 radical (unpaired) electrons. The van der Waals surface area contributed by atoms with E-state index in [1.165, 1.54) is 0 Å². The van der Waals surface area contributed by atoms with Gasteiger partial charge in [-0.2, -0.15) is 0 Å². The van der Waals surface area contributed by atoms with Crippen LogP contribution >= 0.6 is 15.9 Å². The lowest BCUT2D eigenvalue weighted by atomic mass is 10.0. The van der Waals surface area contributed by atoms with Crippen molar-refractivity contribution in [2.24, 2.45) is 5.73 Å². The van der Waals surface area contributed by atoms with E-state index in [0.29, 0.717) is 10.0 Å². The van der Waals surface area contributed by atoms with Gasteiger partial charge in [0, 0.05) is 5.54 Å². The average molecular weight is 244 g/mol. The highest BCUT2D eigenvalue weighted by molar-refractivity contribution is 9.10. The van der Waals surface area contributed by atoms with E-state index in [2.05, 4.69) is 15.9 Å². The second-order valence-corrected chi connectivity index (χ2v) is 4.51. The van der Waals surface area contributed by atoms with Crippen molar-refractivity contribution in [1.29, 1.82) is 0 Å². The molecule has 70 valence electrons. The summed E-state index contributed by atoms with van der Waals surface area (Å²) in [6, 6.07) is 3.69. The van der Waals surface area contributed by atoms with Gasteiger partial charge in [0.25, 0.3) is 0 Å². The van der Waals surface area contributed by atoms with Crippen LogP contribution in [0.2, 0.25) is 0 Å². The predicted octanol–water partition coefficient (Wildman–Crippen LogP) is 2.84. The van der Waals surface area contributed by atoms with Crippen LogP contribution in [0.4, 0.5) is 4.39 Å². The van der Waals surface area contributed by atoms with Crippen molar-refractivity contribution >= 4 is 15.9 Å². The fourth-order valence-corrected chi connectivity index (χ4v) is 2.27. The molecule has 0 unspecified atom stereocenters. The van der Waals surface area contributed by atoms with Gasteiger partial charge in [0.05, 0.1) is 4.47 Å². The molecule has 1 fully saturated rings. The van der Waals surface area contributed by atoms with Crippen LogP contribution in [-0.2, 0) is 5.54 Å². The van der Waals surface area contributed by atoms with E-state index in [4.69, 9.17) is 5.73 Å². The number of benzene rings is 1. The molecular weight excluding hydrogens is 233 g/mol. The van der Waals surface area contributed by atoms with E-state index < -0.39 is 0 Å². The maximum Gasteiger partial charge on any atom is 0.140 e. The van der Waals surface area contributed by atoms with Crippen LogP contribution in [0.15, 0.2) is 16.6 Å². The van der Waals surface area contributed by atoms with Crippen molar-refractivity contribution < 1.29 is 4.39 Å². The normalized spacial score (nSPS) is 18.8. The molecule has 0 aromatic heterocycles. The fraction of sp³-hybridized carbons (Fsp3) is 0.400. The highest BCUT2D eigenvalue weighted by atomic mass is 79.9. The van der Waals surface area contributed by atoms with Gasteiger partial charge in [-0.15, -0.1) is 0 Å². The zero-order chi connectivity index (χ0) is 9.64. The fourth-order valence-electron chi connectivity index (χ4n) is 1.43. The number of hydrogen-bond donors (Lipinski definition) is 1. The molecule has 1 aromatic rings. The van der Waals surface area contributed by atoms with Crippen molar-refractivity contribution in [1.82, 2.24) is 0 Å². The third-order valence-electron chi connectivity index (χ3n) is 2.60. The molecule has 0 atom stereocenters. The van der Waals surface area contributed by atoms with Gasteiger partial charge in [0.15, 0.2) is 0 Å². The maximum absolute atomic E-state index is 13.4. The van der Waals surface area contributed by atoms with Gasteiger partial charge in [-0.1, -0.05) is 12.1 Å². The van der Waals surface area contributed by atoms with Crippen molar-refractivity contribution in [2.45, 2.75) is 25.3 Å². The zero-order valence-electron chi connectivity index (χ0n) is 7.40. The molecule has 0 amide bonds. The van der Waals surface area contributed by atoms with Crippen LogP contribution < -0.4 is 5.73 Å². The highest BCUT2D eigenvalue weighted by Crippen LogP contribution is 2.46. The summed E-state index contributed by atoms with van der Waals surface area (Å²) in [5.74, 6) is -0.186. The van der Waals surface area contributed by atoms with Gasteiger partial charge in [-0.25, -0.2) is 4.39 Å². The summed E-state index contributed by atoms with van der Waals surface area (Å²) in [6.07, 6.45) is 1.90. The minimum atomic E-state index is -0.270. The van der Waals surface area contributed by atoms with Crippen LogP contribution in [0, 0.1) is 12.7 Å². The van der Waals surface area contributed by atoms with Crippen LogP contribution in [0.3, 0.4) is 0 Å². The van der Waals surface area contributed by atoms with Crippen LogP contribution in [0.1, 0.15) is 24.0 Å². The molecule has 0 heterocycles. The maximum atomic E-state index is 13.4. The zero-order valence-corrected chi connectivity index (χ0v) is 8.99. The second kappa shape index (κ2) is 2.79. The minimum absolute atomic E-state index is 0.186. The summed E-state index contributed by atoms with van der Waals surface area (Å²) in [5.41, 5.74) is 7.27. The summed E-state index contributed by atoms with van der Waals surface area (Å²) >= 11 is 3.25. The molecule has 2 rings (SSSR count). The van der Waals surface area contributed by atoms with E-state index in [1.807, 2.05) is 6.07 Å². The lowest BCUT2D eigenvalue weighted by molar-refractivity contribution is 0.601. The molecule has 0 aliphatic heterocycles. The van der Waals surface area contributed by atoms with E-state index >= 15 is 0 Å². The van der Waals surface area contributed by atoms with Gasteiger partial charge in [-0.3, -0.25) is 0 Å². The largest absolute Gasteiger partial charge is 0.321 e. The molecule has 0 spiro atoms. The predicted molar refractivity (Wildman–Crippen MR) is 53.9 cm³/mol. The summed E-state index contributed by atoms with van der Waals surface area (Å²) in [5, 5.41) is 0. The van der Waals surface area contributed by atoms with Crippen LogP contribution in [-0.4, -0.2) is 0 Å². The standard InChI is InChI=1S/C10H11BrFN/c1-6-2-3-7(8(11)9(6)12)10(13)4-5-10/h2-3H,4-5,13H2,1H3. The Balaban J connectivity index is 2.54. The summed E-state index contributed by atoms with van der Waals surface area (Å²) in [4.78, 5) is 0. The molecule has 0 bridgehead atoms. The van der Waals surface area contributed by atoms with Crippen molar-refractivity contribution in [2.75, 3.05) is 0 Å². The number of nitrogens with two attached hydrogens (primary N) is 1. The van der Waals surface area contributed by atoms with E-state index in [9.17, 15) is 4.39 Å². The molecule has 0 saturated heterocycles. The minimum Gasteiger partial charge on any atom is -0.321 e. The number of halogens is 2. The Bertz CT molecular complexity index is 358. The molecule has 1 aliphatic carbocycles. The lowest BCUT2D eigenvalue weighted by Crippen LogP contribution is -2.19. The Kier molecular flexibility index (Phi) is 1.96. The lowest BCUT2D eigenvalue weighted by Gasteiger charge is -2.12. The Morgan fingerprint density at radius 3 is 2.62 bits per heavy atom.